The number of primary amides is 1. The summed E-state index contributed by atoms with van der Waals surface area (Å²) in [6.07, 6.45) is 0.967. The first kappa shape index (κ1) is 7.82. The zero-order valence-corrected chi connectivity index (χ0v) is 6.47. The van der Waals surface area contributed by atoms with Gasteiger partial charge in [0.15, 0.2) is 0 Å². The number of rotatable bonds is 2. The van der Waals surface area contributed by atoms with Crippen LogP contribution in [-0.4, -0.2) is 35.8 Å². The third-order valence-electron chi connectivity index (χ3n) is 1.59. The second-order valence-corrected chi connectivity index (χ2v) is 3.20. The van der Waals surface area contributed by atoms with Crippen LogP contribution in [0.15, 0.2) is 0 Å². The monoisotopic (exact) mass is 162 g/mol. The van der Waals surface area contributed by atoms with Gasteiger partial charge in [-0.2, -0.15) is 0 Å². The lowest BCUT2D eigenvalue weighted by Gasteiger charge is -2.10. The number of hydrogen-bond acceptors (Lipinski definition) is 2. The van der Waals surface area contributed by atoms with Crippen molar-refractivity contribution in [3.05, 3.63) is 0 Å². The molecule has 0 aromatic heterocycles. The van der Waals surface area contributed by atoms with Crippen LogP contribution < -0.4 is 5.73 Å². The van der Waals surface area contributed by atoms with E-state index in [2.05, 4.69) is 0 Å². The highest BCUT2D eigenvalue weighted by atomic mass is 35.5. The number of carbonyl (C=O) groups excluding carboxylic acids is 1. The van der Waals surface area contributed by atoms with E-state index < -0.39 is 0 Å². The van der Waals surface area contributed by atoms with Crippen molar-refractivity contribution in [1.82, 2.24) is 4.90 Å². The van der Waals surface area contributed by atoms with Crippen LogP contribution in [0.2, 0.25) is 0 Å². The minimum absolute atomic E-state index is 0.208. The minimum Gasteiger partial charge on any atom is -0.369 e. The molecule has 0 bridgehead atoms. The first-order valence-corrected chi connectivity index (χ1v) is 3.77. The molecule has 1 fully saturated rings. The van der Waals surface area contributed by atoms with Crippen molar-refractivity contribution in [3.63, 3.8) is 0 Å². The SMILES string of the molecule is NC(=O)CN1CCC(Cl)C1. The molecule has 3 nitrogen and oxygen atoms in total. The van der Waals surface area contributed by atoms with Crippen molar-refractivity contribution in [2.24, 2.45) is 5.73 Å². The Hall–Kier alpha value is -0.280. The molecular formula is C6H11ClN2O. The van der Waals surface area contributed by atoms with Crippen LogP contribution in [0.3, 0.4) is 0 Å². The Labute approximate surface area is 65.1 Å². The van der Waals surface area contributed by atoms with Crippen molar-refractivity contribution < 1.29 is 4.79 Å². The fraction of sp³-hybridized carbons (Fsp3) is 0.833. The smallest absolute Gasteiger partial charge is 0.231 e. The van der Waals surface area contributed by atoms with Crippen LogP contribution in [0.5, 0.6) is 0 Å². The summed E-state index contributed by atoms with van der Waals surface area (Å²) in [6.45, 7) is 2.05. The Bertz CT molecular complexity index is 140. The van der Waals surface area contributed by atoms with Crippen LogP contribution in [0.25, 0.3) is 0 Å². The number of likely N-dealkylation sites (tertiary alicyclic amines) is 1. The lowest BCUT2D eigenvalue weighted by molar-refractivity contribution is -0.118. The Morgan fingerprint density at radius 3 is 2.90 bits per heavy atom. The van der Waals surface area contributed by atoms with Crippen molar-refractivity contribution in [3.8, 4) is 0 Å². The summed E-state index contributed by atoms with van der Waals surface area (Å²) in [7, 11) is 0. The van der Waals surface area contributed by atoms with E-state index in [4.69, 9.17) is 17.3 Å². The average molecular weight is 163 g/mol. The van der Waals surface area contributed by atoms with Gasteiger partial charge in [-0.3, -0.25) is 9.69 Å². The maximum atomic E-state index is 10.4. The molecular weight excluding hydrogens is 152 g/mol. The summed E-state index contributed by atoms with van der Waals surface area (Å²) >= 11 is 5.80. The summed E-state index contributed by atoms with van der Waals surface area (Å²) < 4.78 is 0. The number of alkyl halides is 1. The van der Waals surface area contributed by atoms with Gasteiger partial charge in [-0.05, 0) is 6.42 Å². The van der Waals surface area contributed by atoms with Gasteiger partial charge in [0, 0.05) is 18.5 Å². The van der Waals surface area contributed by atoms with Crippen molar-refractivity contribution >= 4 is 17.5 Å². The summed E-state index contributed by atoms with van der Waals surface area (Å²) in [6, 6.07) is 0. The normalized spacial score (nSPS) is 27.1. The highest BCUT2D eigenvalue weighted by Gasteiger charge is 2.20. The van der Waals surface area contributed by atoms with E-state index in [-0.39, 0.29) is 11.3 Å². The second kappa shape index (κ2) is 3.21. The van der Waals surface area contributed by atoms with Crippen LogP contribution in [0.1, 0.15) is 6.42 Å². The third kappa shape index (κ3) is 2.15. The number of halogens is 1. The van der Waals surface area contributed by atoms with Gasteiger partial charge in [0.25, 0.3) is 0 Å². The molecule has 1 aliphatic heterocycles. The summed E-state index contributed by atoms with van der Waals surface area (Å²) in [4.78, 5) is 12.4. The number of nitrogens with two attached hydrogens (primary N) is 1. The van der Waals surface area contributed by atoms with Gasteiger partial charge in [-0.25, -0.2) is 0 Å². The predicted octanol–water partition coefficient (Wildman–Crippen LogP) is -0.215. The molecule has 58 valence electrons. The van der Waals surface area contributed by atoms with Crippen LogP contribution in [0.4, 0.5) is 0 Å². The van der Waals surface area contributed by atoms with Crippen molar-refractivity contribution in [1.29, 1.82) is 0 Å². The fourth-order valence-electron chi connectivity index (χ4n) is 1.15. The van der Waals surface area contributed by atoms with E-state index in [1.807, 2.05) is 4.90 Å². The summed E-state index contributed by atoms with van der Waals surface area (Å²) in [5.74, 6) is -0.272. The summed E-state index contributed by atoms with van der Waals surface area (Å²) in [5.41, 5.74) is 4.99. The molecule has 0 aliphatic carbocycles. The molecule has 1 unspecified atom stereocenters. The number of amides is 1. The first-order chi connectivity index (χ1) is 4.68. The van der Waals surface area contributed by atoms with E-state index >= 15 is 0 Å². The van der Waals surface area contributed by atoms with E-state index in [9.17, 15) is 4.79 Å². The van der Waals surface area contributed by atoms with Gasteiger partial charge in [-0.15, -0.1) is 11.6 Å². The lowest BCUT2D eigenvalue weighted by atomic mass is 10.4. The Kier molecular flexibility index (Phi) is 2.51. The molecule has 1 heterocycles. The van der Waals surface area contributed by atoms with Crippen molar-refractivity contribution in [2.45, 2.75) is 11.8 Å². The lowest BCUT2D eigenvalue weighted by Crippen LogP contribution is -2.32. The van der Waals surface area contributed by atoms with Gasteiger partial charge < -0.3 is 5.73 Å². The van der Waals surface area contributed by atoms with Gasteiger partial charge in [0.1, 0.15) is 0 Å². The molecule has 1 aliphatic rings. The quantitative estimate of drug-likeness (QED) is 0.571. The van der Waals surface area contributed by atoms with E-state index in [1.54, 1.807) is 0 Å². The third-order valence-corrected chi connectivity index (χ3v) is 1.95. The van der Waals surface area contributed by atoms with Gasteiger partial charge in [0.2, 0.25) is 5.91 Å². The van der Waals surface area contributed by atoms with E-state index in [1.165, 1.54) is 0 Å². The number of nitrogens with zero attached hydrogens (tertiary/aromatic N) is 1. The molecule has 4 heteroatoms. The van der Waals surface area contributed by atoms with Gasteiger partial charge >= 0.3 is 0 Å². The van der Waals surface area contributed by atoms with E-state index in [0.717, 1.165) is 19.5 Å². The molecule has 1 atom stereocenters. The number of hydrogen-bond donors (Lipinski definition) is 1. The van der Waals surface area contributed by atoms with Crippen LogP contribution in [0, 0.1) is 0 Å². The molecule has 1 amide bonds. The predicted molar refractivity (Wildman–Crippen MR) is 39.9 cm³/mol. The Balaban J connectivity index is 2.24. The molecule has 0 aromatic carbocycles. The molecule has 0 aromatic rings. The van der Waals surface area contributed by atoms with Crippen LogP contribution >= 0.6 is 11.6 Å². The first-order valence-electron chi connectivity index (χ1n) is 3.33. The highest BCUT2D eigenvalue weighted by Crippen LogP contribution is 2.13. The molecule has 1 rings (SSSR count). The average Bonchev–Trinajstić information content (AvgIpc) is 2.13. The van der Waals surface area contributed by atoms with Gasteiger partial charge in [-0.1, -0.05) is 0 Å². The molecule has 0 saturated carbocycles. The molecule has 2 N–H and O–H groups in total. The van der Waals surface area contributed by atoms with E-state index in [0.29, 0.717) is 6.54 Å². The van der Waals surface area contributed by atoms with Crippen molar-refractivity contribution in [2.75, 3.05) is 19.6 Å². The molecule has 1 saturated heterocycles. The number of carbonyl (C=O) groups is 1. The minimum atomic E-state index is -0.272. The Morgan fingerprint density at radius 1 is 1.80 bits per heavy atom. The maximum Gasteiger partial charge on any atom is 0.231 e. The summed E-state index contributed by atoms with van der Waals surface area (Å²) in [5, 5.41) is 0.208. The van der Waals surface area contributed by atoms with Gasteiger partial charge in [0.05, 0.1) is 6.54 Å². The topological polar surface area (TPSA) is 46.3 Å². The molecule has 10 heavy (non-hydrogen) atoms. The fourth-order valence-corrected chi connectivity index (χ4v) is 1.44. The highest BCUT2D eigenvalue weighted by molar-refractivity contribution is 6.20. The molecule has 0 radical (unpaired) electrons. The standard InChI is InChI=1S/C6H11ClN2O/c7-5-1-2-9(3-5)4-6(8)10/h5H,1-4H2,(H2,8,10). The van der Waals surface area contributed by atoms with Crippen LogP contribution in [-0.2, 0) is 4.79 Å². The molecule has 0 spiro atoms. The second-order valence-electron chi connectivity index (χ2n) is 2.59. The maximum absolute atomic E-state index is 10.4. The Morgan fingerprint density at radius 2 is 2.50 bits per heavy atom. The largest absolute Gasteiger partial charge is 0.369 e. The zero-order valence-electron chi connectivity index (χ0n) is 5.72. The zero-order chi connectivity index (χ0) is 7.56.